The summed E-state index contributed by atoms with van der Waals surface area (Å²) in [5.41, 5.74) is 1.62. The summed E-state index contributed by atoms with van der Waals surface area (Å²) in [6.07, 6.45) is 4.23. The molecule has 1 aliphatic heterocycles. The van der Waals surface area contributed by atoms with Crippen molar-refractivity contribution < 1.29 is 9.59 Å². The van der Waals surface area contributed by atoms with Gasteiger partial charge in [-0.1, -0.05) is 24.6 Å². The first kappa shape index (κ1) is 17.8. The molecule has 0 N–H and O–H groups in total. The third-order valence-corrected chi connectivity index (χ3v) is 4.97. The lowest BCUT2D eigenvalue weighted by atomic mass is 10.00. The van der Waals surface area contributed by atoms with E-state index >= 15 is 0 Å². The van der Waals surface area contributed by atoms with E-state index in [1.165, 1.54) is 18.2 Å². The van der Waals surface area contributed by atoms with Gasteiger partial charge in [-0.25, -0.2) is 0 Å². The zero-order valence-corrected chi connectivity index (χ0v) is 14.9. The van der Waals surface area contributed by atoms with Crippen molar-refractivity contribution in [3.63, 3.8) is 0 Å². The molecule has 0 bridgehead atoms. The van der Waals surface area contributed by atoms with Gasteiger partial charge in [-0.2, -0.15) is 0 Å². The van der Waals surface area contributed by atoms with Crippen molar-refractivity contribution in [3.8, 4) is 0 Å². The van der Waals surface area contributed by atoms with Gasteiger partial charge in [0, 0.05) is 30.2 Å². The Morgan fingerprint density at radius 2 is 2.09 bits per heavy atom. The van der Waals surface area contributed by atoms with Gasteiger partial charge in [-0.15, -0.1) is 0 Å². The van der Waals surface area contributed by atoms with Gasteiger partial charge in [-0.3, -0.25) is 9.59 Å². The number of halogens is 1. The molecular formula is C18H25ClN2O2. The zero-order chi connectivity index (χ0) is 17.0. The Morgan fingerprint density at radius 1 is 1.35 bits per heavy atom. The molecule has 1 fully saturated rings. The number of carbonyl (C=O) groups is 2. The van der Waals surface area contributed by atoms with Gasteiger partial charge in [0.05, 0.1) is 0 Å². The molecule has 1 aliphatic rings. The average molecular weight is 337 g/mol. The van der Waals surface area contributed by atoms with Crippen LogP contribution in [0, 0.1) is 6.92 Å². The summed E-state index contributed by atoms with van der Waals surface area (Å²) < 4.78 is 0. The van der Waals surface area contributed by atoms with Crippen molar-refractivity contribution in [3.05, 3.63) is 28.8 Å². The van der Waals surface area contributed by atoms with Crippen LogP contribution < -0.4 is 4.90 Å². The summed E-state index contributed by atoms with van der Waals surface area (Å²) >= 11 is 6.16. The molecule has 126 valence electrons. The summed E-state index contributed by atoms with van der Waals surface area (Å²) in [6.45, 7) is 6.37. The molecule has 1 unspecified atom stereocenters. The summed E-state index contributed by atoms with van der Waals surface area (Å²) in [5.74, 6) is -0.133. The molecule has 1 aromatic carbocycles. The maximum Gasteiger partial charge on any atom is 0.242 e. The molecule has 1 aromatic rings. The largest absolute Gasteiger partial charge is 0.338 e. The van der Waals surface area contributed by atoms with Crippen LogP contribution >= 0.6 is 11.6 Å². The second-order valence-electron chi connectivity index (χ2n) is 6.18. The molecule has 0 aliphatic carbocycles. The van der Waals surface area contributed by atoms with E-state index in [2.05, 4.69) is 6.92 Å². The van der Waals surface area contributed by atoms with E-state index < -0.39 is 0 Å². The van der Waals surface area contributed by atoms with Gasteiger partial charge in [0.25, 0.3) is 0 Å². The Kier molecular flexibility index (Phi) is 6.05. The van der Waals surface area contributed by atoms with E-state index in [1.54, 1.807) is 6.07 Å². The number of amides is 2. The highest BCUT2D eigenvalue weighted by Crippen LogP contribution is 2.24. The number of nitrogens with zero attached hydrogens (tertiary/aromatic N) is 2. The average Bonchev–Trinajstić information content (AvgIpc) is 2.54. The number of piperidine rings is 1. The van der Waals surface area contributed by atoms with Gasteiger partial charge in [0.1, 0.15) is 6.54 Å². The number of rotatable bonds is 4. The highest BCUT2D eigenvalue weighted by molar-refractivity contribution is 6.31. The second-order valence-corrected chi connectivity index (χ2v) is 6.59. The third kappa shape index (κ3) is 4.25. The zero-order valence-electron chi connectivity index (χ0n) is 14.1. The molecule has 0 saturated carbocycles. The van der Waals surface area contributed by atoms with Crippen molar-refractivity contribution in [2.45, 2.75) is 52.5 Å². The van der Waals surface area contributed by atoms with E-state index in [-0.39, 0.29) is 18.4 Å². The minimum atomic E-state index is -0.150. The molecule has 2 rings (SSSR count). The van der Waals surface area contributed by atoms with Crippen LogP contribution in [0.2, 0.25) is 5.02 Å². The van der Waals surface area contributed by atoms with Crippen molar-refractivity contribution in [2.75, 3.05) is 18.0 Å². The molecule has 4 nitrogen and oxygen atoms in total. The first-order valence-corrected chi connectivity index (χ1v) is 8.65. The Balaban J connectivity index is 2.17. The Labute approximate surface area is 143 Å². The lowest BCUT2D eigenvalue weighted by Gasteiger charge is -2.36. The molecule has 0 spiro atoms. The highest BCUT2D eigenvalue weighted by Gasteiger charge is 2.27. The van der Waals surface area contributed by atoms with E-state index in [0.717, 1.165) is 31.4 Å². The van der Waals surface area contributed by atoms with Crippen LogP contribution in [-0.2, 0) is 9.59 Å². The smallest absolute Gasteiger partial charge is 0.242 e. The fraction of sp³-hybridized carbons (Fsp3) is 0.556. The van der Waals surface area contributed by atoms with Crippen molar-refractivity contribution >= 4 is 29.1 Å². The monoisotopic (exact) mass is 336 g/mol. The van der Waals surface area contributed by atoms with Crippen LogP contribution in [0.3, 0.4) is 0 Å². The Bertz CT molecular complexity index is 588. The number of anilines is 1. The van der Waals surface area contributed by atoms with Gasteiger partial charge < -0.3 is 9.80 Å². The Hall–Kier alpha value is -1.55. The lowest BCUT2D eigenvalue weighted by molar-refractivity contribution is -0.134. The van der Waals surface area contributed by atoms with E-state index in [9.17, 15) is 9.59 Å². The molecule has 5 heteroatoms. The van der Waals surface area contributed by atoms with Crippen molar-refractivity contribution in [2.24, 2.45) is 0 Å². The fourth-order valence-corrected chi connectivity index (χ4v) is 3.29. The van der Waals surface area contributed by atoms with Gasteiger partial charge in [0.2, 0.25) is 11.8 Å². The molecule has 0 radical (unpaired) electrons. The maximum atomic E-state index is 12.7. The highest BCUT2D eigenvalue weighted by atomic mass is 35.5. The Morgan fingerprint density at radius 3 is 2.70 bits per heavy atom. The van der Waals surface area contributed by atoms with Gasteiger partial charge in [0.15, 0.2) is 0 Å². The SMILES string of the molecule is CCC1CCCCN1C(=O)CN(C(C)=O)c1ccc(C)c(Cl)c1. The van der Waals surface area contributed by atoms with Crippen LogP contribution in [0.4, 0.5) is 5.69 Å². The normalized spacial score (nSPS) is 17.9. The summed E-state index contributed by atoms with van der Waals surface area (Å²) in [5, 5.41) is 0.602. The van der Waals surface area contributed by atoms with Crippen LogP contribution in [0.5, 0.6) is 0 Å². The number of carbonyl (C=O) groups excluding carboxylic acids is 2. The minimum Gasteiger partial charge on any atom is -0.338 e. The van der Waals surface area contributed by atoms with Crippen molar-refractivity contribution in [1.82, 2.24) is 4.90 Å². The van der Waals surface area contributed by atoms with Crippen molar-refractivity contribution in [1.29, 1.82) is 0 Å². The summed E-state index contributed by atoms with van der Waals surface area (Å²) in [6, 6.07) is 5.75. The molecule has 1 atom stereocenters. The number of benzene rings is 1. The fourth-order valence-electron chi connectivity index (χ4n) is 3.11. The number of hydrogen-bond acceptors (Lipinski definition) is 2. The third-order valence-electron chi connectivity index (χ3n) is 4.56. The van der Waals surface area contributed by atoms with Crippen LogP contribution in [0.25, 0.3) is 0 Å². The predicted octanol–water partition coefficient (Wildman–Crippen LogP) is 3.79. The number of likely N-dealkylation sites (tertiary alicyclic amines) is 1. The van der Waals surface area contributed by atoms with E-state index in [1.807, 2.05) is 24.0 Å². The minimum absolute atomic E-state index is 0.0171. The quantitative estimate of drug-likeness (QED) is 0.839. The topological polar surface area (TPSA) is 40.6 Å². The number of aryl methyl sites for hydroxylation is 1. The molecule has 1 saturated heterocycles. The summed E-state index contributed by atoms with van der Waals surface area (Å²) in [4.78, 5) is 28.2. The first-order chi connectivity index (χ1) is 10.9. The lowest BCUT2D eigenvalue weighted by Crippen LogP contribution is -2.48. The van der Waals surface area contributed by atoms with Gasteiger partial charge in [-0.05, 0) is 50.3 Å². The molecule has 23 heavy (non-hydrogen) atoms. The van der Waals surface area contributed by atoms with E-state index in [4.69, 9.17) is 11.6 Å². The molecule has 0 aromatic heterocycles. The molecule has 2 amide bonds. The molecular weight excluding hydrogens is 312 g/mol. The van der Waals surface area contributed by atoms with Gasteiger partial charge >= 0.3 is 0 Å². The standard InChI is InChI=1S/C18H25ClN2O2/c1-4-15-7-5-6-10-20(15)18(23)12-21(14(3)22)16-9-8-13(2)17(19)11-16/h8-9,11,15H,4-7,10,12H2,1-3H3. The van der Waals surface area contributed by atoms with Crippen LogP contribution in [-0.4, -0.2) is 35.8 Å². The van der Waals surface area contributed by atoms with E-state index in [0.29, 0.717) is 16.8 Å². The van der Waals surface area contributed by atoms with Crippen LogP contribution in [0.1, 0.15) is 45.1 Å². The predicted molar refractivity (Wildman–Crippen MR) is 93.9 cm³/mol. The van der Waals surface area contributed by atoms with Crippen LogP contribution in [0.15, 0.2) is 18.2 Å². The number of hydrogen-bond donors (Lipinski definition) is 0. The summed E-state index contributed by atoms with van der Waals surface area (Å²) in [7, 11) is 0. The molecule has 1 heterocycles. The maximum absolute atomic E-state index is 12.7. The second kappa shape index (κ2) is 7.82. The first-order valence-electron chi connectivity index (χ1n) is 8.27.